The van der Waals surface area contributed by atoms with Crippen LogP contribution in [0, 0.1) is 45.3 Å². The minimum Gasteiger partial charge on any atom is -0.456 e. The quantitative estimate of drug-likeness (QED) is 0.834. The lowest BCUT2D eigenvalue weighted by Crippen LogP contribution is -1.98. The molecule has 0 aliphatic heterocycles. The molecule has 21 heavy (non-hydrogen) atoms. The fraction of sp³-hybridized carbons (Fsp3) is 0. The number of hydrogen-bond acceptors (Lipinski definition) is 5. The van der Waals surface area contributed by atoms with Crippen molar-refractivity contribution in [2.75, 3.05) is 0 Å². The van der Waals surface area contributed by atoms with Gasteiger partial charge in [0.15, 0.2) is 0 Å². The molecule has 0 saturated carbocycles. The van der Waals surface area contributed by atoms with Gasteiger partial charge in [-0.1, -0.05) is 18.2 Å². The van der Waals surface area contributed by atoms with Gasteiger partial charge in [0.05, 0.1) is 16.7 Å². The lowest BCUT2D eigenvalue weighted by Gasteiger charge is -2.10. The first-order valence-electron chi connectivity index (χ1n) is 5.79. The van der Waals surface area contributed by atoms with Crippen LogP contribution in [0.5, 0.6) is 11.5 Å². The van der Waals surface area contributed by atoms with Crippen molar-refractivity contribution in [1.29, 1.82) is 21.0 Å². The minimum atomic E-state index is -0.148. The van der Waals surface area contributed by atoms with Crippen molar-refractivity contribution in [3.8, 4) is 35.8 Å². The van der Waals surface area contributed by atoms with E-state index in [0.717, 1.165) is 0 Å². The van der Waals surface area contributed by atoms with Gasteiger partial charge >= 0.3 is 0 Å². The molecule has 0 heterocycles. The molecule has 2 rings (SSSR count). The SMILES string of the molecule is N#Cc1cc(Oc2ccccc2)c(C#N)c(C#N)c1C#N. The predicted molar refractivity (Wildman–Crippen MR) is 71.8 cm³/mol. The fourth-order valence-electron chi connectivity index (χ4n) is 1.78. The van der Waals surface area contributed by atoms with Gasteiger partial charge in [0.25, 0.3) is 0 Å². The highest BCUT2D eigenvalue weighted by Crippen LogP contribution is 2.31. The lowest BCUT2D eigenvalue weighted by molar-refractivity contribution is 0.480. The fourth-order valence-corrected chi connectivity index (χ4v) is 1.78. The van der Waals surface area contributed by atoms with Crippen molar-refractivity contribution in [2.24, 2.45) is 0 Å². The Morgan fingerprint density at radius 3 is 1.86 bits per heavy atom. The van der Waals surface area contributed by atoms with Gasteiger partial charge in [0.2, 0.25) is 0 Å². The minimum absolute atomic E-state index is 0.000943. The van der Waals surface area contributed by atoms with Crippen LogP contribution in [0.3, 0.4) is 0 Å². The summed E-state index contributed by atoms with van der Waals surface area (Å²) < 4.78 is 5.55. The molecule has 0 bridgehead atoms. The van der Waals surface area contributed by atoms with Crippen molar-refractivity contribution >= 4 is 0 Å². The third kappa shape index (κ3) is 2.49. The van der Waals surface area contributed by atoms with E-state index in [1.807, 2.05) is 12.1 Å². The highest BCUT2D eigenvalue weighted by Gasteiger charge is 2.19. The van der Waals surface area contributed by atoms with Gasteiger partial charge in [0, 0.05) is 6.07 Å². The summed E-state index contributed by atoms with van der Waals surface area (Å²) in [6.07, 6.45) is 0. The van der Waals surface area contributed by atoms with E-state index in [9.17, 15) is 5.26 Å². The van der Waals surface area contributed by atoms with Crippen LogP contribution in [-0.4, -0.2) is 0 Å². The third-order valence-electron chi connectivity index (χ3n) is 2.72. The van der Waals surface area contributed by atoms with E-state index in [4.69, 9.17) is 20.5 Å². The first-order valence-corrected chi connectivity index (χ1v) is 5.79. The summed E-state index contributed by atoms with van der Waals surface area (Å²) in [5.74, 6) is 0.544. The third-order valence-corrected chi connectivity index (χ3v) is 2.72. The molecular weight excluding hydrogens is 264 g/mol. The van der Waals surface area contributed by atoms with Crippen molar-refractivity contribution in [1.82, 2.24) is 0 Å². The second-order valence-electron chi connectivity index (χ2n) is 3.91. The van der Waals surface area contributed by atoms with Crippen LogP contribution in [0.4, 0.5) is 0 Å². The first kappa shape index (κ1) is 13.6. The second-order valence-corrected chi connectivity index (χ2v) is 3.91. The maximum absolute atomic E-state index is 9.22. The smallest absolute Gasteiger partial charge is 0.147 e. The molecule has 0 aliphatic rings. The number of benzene rings is 2. The van der Waals surface area contributed by atoms with Gasteiger partial charge in [-0.05, 0) is 12.1 Å². The van der Waals surface area contributed by atoms with Gasteiger partial charge in [-0.25, -0.2) is 0 Å². The molecule has 0 saturated heterocycles. The zero-order valence-corrected chi connectivity index (χ0v) is 10.7. The van der Waals surface area contributed by atoms with Crippen molar-refractivity contribution in [3.05, 3.63) is 58.7 Å². The Balaban J connectivity index is 2.69. The van der Waals surface area contributed by atoms with E-state index < -0.39 is 0 Å². The molecule has 0 spiro atoms. The molecule has 2 aromatic carbocycles. The zero-order chi connectivity index (χ0) is 15.2. The number of para-hydroxylation sites is 1. The maximum Gasteiger partial charge on any atom is 0.147 e. The molecule has 0 aliphatic carbocycles. The number of nitrogens with zero attached hydrogens (tertiary/aromatic N) is 4. The largest absolute Gasteiger partial charge is 0.456 e. The Hall–Kier alpha value is -3.80. The molecule has 0 N–H and O–H groups in total. The van der Waals surface area contributed by atoms with Gasteiger partial charge in [0.1, 0.15) is 41.3 Å². The van der Waals surface area contributed by atoms with Crippen LogP contribution < -0.4 is 4.74 Å². The molecule has 0 atom stereocenters. The van der Waals surface area contributed by atoms with Crippen molar-refractivity contribution in [2.45, 2.75) is 0 Å². The molecule has 0 aromatic heterocycles. The van der Waals surface area contributed by atoms with Crippen LogP contribution in [-0.2, 0) is 0 Å². The van der Waals surface area contributed by atoms with Crippen LogP contribution in [0.2, 0.25) is 0 Å². The van der Waals surface area contributed by atoms with Crippen molar-refractivity contribution < 1.29 is 4.74 Å². The summed E-state index contributed by atoms with van der Waals surface area (Å²) >= 11 is 0. The van der Waals surface area contributed by atoms with Gasteiger partial charge in [-0.2, -0.15) is 21.0 Å². The monoisotopic (exact) mass is 270 g/mol. The lowest BCUT2D eigenvalue weighted by atomic mass is 9.97. The predicted octanol–water partition coefficient (Wildman–Crippen LogP) is 2.97. The summed E-state index contributed by atoms with van der Waals surface area (Å²) in [4.78, 5) is 0. The van der Waals surface area contributed by atoms with E-state index in [2.05, 4.69) is 0 Å². The highest BCUT2D eigenvalue weighted by atomic mass is 16.5. The Kier molecular flexibility index (Phi) is 3.82. The van der Waals surface area contributed by atoms with Gasteiger partial charge < -0.3 is 4.74 Å². The van der Waals surface area contributed by atoms with Crippen LogP contribution >= 0.6 is 0 Å². The Morgan fingerprint density at radius 2 is 1.33 bits per heavy atom. The molecule has 2 aromatic rings. The average molecular weight is 270 g/mol. The first-order chi connectivity index (χ1) is 10.2. The Morgan fingerprint density at radius 1 is 0.714 bits per heavy atom. The van der Waals surface area contributed by atoms with Gasteiger partial charge in [-0.15, -0.1) is 0 Å². The van der Waals surface area contributed by atoms with E-state index in [1.165, 1.54) is 6.07 Å². The molecule has 0 radical (unpaired) electrons. The van der Waals surface area contributed by atoms with E-state index >= 15 is 0 Å². The van der Waals surface area contributed by atoms with Crippen LogP contribution in [0.1, 0.15) is 22.3 Å². The average Bonchev–Trinajstić information content (AvgIpc) is 2.54. The molecule has 5 nitrogen and oxygen atoms in total. The maximum atomic E-state index is 9.22. The topological polar surface area (TPSA) is 104 Å². The summed E-state index contributed by atoms with van der Waals surface area (Å²) in [5.41, 5.74) is -0.321. The number of hydrogen-bond donors (Lipinski definition) is 0. The van der Waals surface area contributed by atoms with E-state index in [1.54, 1.807) is 42.5 Å². The van der Waals surface area contributed by atoms with Gasteiger partial charge in [-0.3, -0.25) is 0 Å². The molecule has 0 unspecified atom stereocenters. The molecule has 96 valence electrons. The summed E-state index contributed by atoms with van der Waals surface area (Å²) in [5, 5.41) is 36.5. The summed E-state index contributed by atoms with van der Waals surface area (Å²) in [6, 6.07) is 17.2. The second kappa shape index (κ2) is 5.89. The summed E-state index contributed by atoms with van der Waals surface area (Å²) in [7, 11) is 0. The van der Waals surface area contributed by atoms with E-state index in [0.29, 0.717) is 5.75 Å². The standard InChI is InChI=1S/C16H6N4O/c17-7-11-6-16(21-12-4-2-1-3-5-12)15(10-20)14(9-19)13(11)8-18/h1-6H. The number of rotatable bonds is 2. The molecule has 0 fully saturated rings. The number of ether oxygens (including phenoxy) is 1. The molecule has 5 heteroatoms. The Bertz CT molecular complexity index is 859. The van der Waals surface area contributed by atoms with E-state index in [-0.39, 0.29) is 28.0 Å². The normalized spacial score (nSPS) is 8.76. The Labute approximate surface area is 121 Å². The molecule has 0 amide bonds. The molecular formula is C16H6N4O. The number of nitriles is 4. The summed E-state index contributed by atoms with van der Waals surface area (Å²) in [6.45, 7) is 0. The van der Waals surface area contributed by atoms with Crippen LogP contribution in [0.25, 0.3) is 0 Å². The highest BCUT2D eigenvalue weighted by molar-refractivity contribution is 5.66. The zero-order valence-electron chi connectivity index (χ0n) is 10.7. The van der Waals surface area contributed by atoms with Crippen LogP contribution in [0.15, 0.2) is 36.4 Å². The van der Waals surface area contributed by atoms with Crippen molar-refractivity contribution in [3.63, 3.8) is 0 Å².